The minimum atomic E-state index is -2.55. The van der Waals surface area contributed by atoms with E-state index >= 15 is 0 Å². The zero-order chi connectivity index (χ0) is 30.3. The summed E-state index contributed by atoms with van der Waals surface area (Å²) in [6.07, 6.45) is 5.41. The number of anilines is 3. The second-order valence-corrected chi connectivity index (χ2v) is 14.4. The SMILES string of the molecule is C=CC(=O)Nc1cc(Cc2ncc(Cl)c(Nc3ccccc3P(C)(C)=O)n2)c(OC)cc1C#CCN1CCC(C)CC1. The molecule has 2 heterocycles. The van der Waals surface area contributed by atoms with Crippen molar-refractivity contribution in [3.05, 3.63) is 77.2 Å². The van der Waals surface area contributed by atoms with Gasteiger partial charge in [0, 0.05) is 17.3 Å². The topological polar surface area (TPSA) is 96.5 Å². The third-order valence-corrected chi connectivity index (χ3v) is 8.97. The molecule has 220 valence electrons. The number of methoxy groups -OCH3 is 1. The summed E-state index contributed by atoms with van der Waals surface area (Å²) >= 11 is 6.45. The molecule has 2 N–H and O–H groups in total. The standard InChI is InChI=1S/C32H37ClN5O3P/c1-6-31(39)35-27-18-24(28(41-3)19-23(27)10-9-15-38-16-13-22(2)14-17-38)20-30-34-21-25(33)32(37-30)36-26-11-7-8-12-29(26)42(4,5)40/h6-8,11-12,18-19,21-22H,1,13-17,20H2,2-5H3,(H,35,39)(H,34,36,37). The normalized spacial score (nSPS) is 14.0. The Labute approximate surface area is 253 Å². The number of carbonyl (C=O) groups is 1. The quantitative estimate of drug-likeness (QED) is 0.177. The van der Waals surface area contributed by atoms with E-state index in [1.807, 2.05) is 36.4 Å². The number of halogens is 1. The van der Waals surface area contributed by atoms with Crippen molar-refractivity contribution in [2.45, 2.75) is 26.2 Å². The molecule has 1 amide bonds. The largest absolute Gasteiger partial charge is 0.496 e. The Morgan fingerprint density at radius 1 is 1.24 bits per heavy atom. The van der Waals surface area contributed by atoms with E-state index in [0.29, 0.717) is 57.6 Å². The molecule has 0 saturated carbocycles. The van der Waals surface area contributed by atoms with Gasteiger partial charge in [0.2, 0.25) is 5.91 Å². The van der Waals surface area contributed by atoms with Crippen molar-refractivity contribution in [2.75, 3.05) is 50.7 Å². The lowest BCUT2D eigenvalue weighted by Crippen LogP contribution is -2.33. The van der Waals surface area contributed by atoms with Gasteiger partial charge in [-0.25, -0.2) is 9.97 Å². The smallest absolute Gasteiger partial charge is 0.247 e. The molecule has 0 atom stereocenters. The Kier molecular flexibility index (Phi) is 10.5. The number of amides is 1. The lowest BCUT2D eigenvalue weighted by Gasteiger charge is -2.28. The second kappa shape index (κ2) is 14.0. The summed E-state index contributed by atoms with van der Waals surface area (Å²) < 4.78 is 18.6. The Bertz CT molecular complexity index is 1570. The number of para-hydroxylation sites is 1. The summed E-state index contributed by atoms with van der Waals surface area (Å²) in [7, 11) is -0.959. The van der Waals surface area contributed by atoms with Gasteiger partial charge in [-0.15, -0.1) is 0 Å². The van der Waals surface area contributed by atoms with Crippen molar-refractivity contribution in [1.29, 1.82) is 0 Å². The first-order valence-electron chi connectivity index (χ1n) is 13.9. The number of nitrogens with one attached hydrogen (secondary N) is 2. The number of aromatic nitrogens is 2. The molecule has 1 aromatic heterocycles. The van der Waals surface area contributed by atoms with Gasteiger partial charge in [0.25, 0.3) is 0 Å². The van der Waals surface area contributed by atoms with Crippen molar-refractivity contribution in [3.63, 3.8) is 0 Å². The molecule has 0 bridgehead atoms. The van der Waals surface area contributed by atoms with E-state index in [0.717, 1.165) is 24.6 Å². The average Bonchev–Trinajstić information content (AvgIpc) is 2.96. The summed E-state index contributed by atoms with van der Waals surface area (Å²) in [6.45, 7) is 12.0. The highest BCUT2D eigenvalue weighted by Crippen LogP contribution is 2.38. The minimum Gasteiger partial charge on any atom is -0.496 e. The van der Waals surface area contributed by atoms with E-state index in [1.54, 1.807) is 20.4 Å². The molecule has 0 unspecified atom stereocenters. The molecule has 2 aromatic carbocycles. The lowest BCUT2D eigenvalue weighted by molar-refractivity contribution is -0.111. The maximum Gasteiger partial charge on any atom is 0.247 e. The average molecular weight is 606 g/mol. The summed E-state index contributed by atoms with van der Waals surface area (Å²) in [6, 6.07) is 11.0. The predicted molar refractivity (Wildman–Crippen MR) is 172 cm³/mol. The fourth-order valence-electron chi connectivity index (χ4n) is 4.73. The highest BCUT2D eigenvalue weighted by atomic mass is 35.5. The minimum absolute atomic E-state index is 0.299. The van der Waals surface area contributed by atoms with Crippen molar-refractivity contribution < 1.29 is 14.1 Å². The number of hydrogen-bond donors (Lipinski definition) is 2. The van der Waals surface area contributed by atoms with Crippen molar-refractivity contribution in [2.24, 2.45) is 5.92 Å². The number of likely N-dealkylation sites (tertiary alicyclic amines) is 1. The molecular formula is C32H37ClN5O3P. The van der Waals surface area contributed by atoms with Crippen LogP contribution in [0, 0.1) is 17.8 Å². The van der Waals surface area contributed by atoms with Gasteiger partial charge < -0.3 is 19.9 Å². The fraction of sp³-hybridized carbons (Fsp3) is 0.344. The summed E-state index contributed by atoms with van der Waals surface area (Å²) in [5.41, 5.74) is 2.63. The Balaban J connectivity index is 1.62. The third kappa shape index (κ3) is 8.23. The van der Waals surface area contributed by atoms with Crippen LogP contribution in [0.15, 0.2) is 55.3 Å². The van der Waals surface area contributed by atoms with E-state index < -0.39 is 7.14 Å². The Morgan fingerprint density at radius 2 is 1.98 bits per heavy atom. The van der Waals surface area contributed by atoms with E-state index in [2.05, 4.69) is 50.8 Å². The highest BCUT2D eigenvalue weighted by molar-refractivity contribution is 7.70. The van der Waals surface area contributed by atoms with Crippen LogP contribution in [0.2, 0.25) is 5.02 Å². The van der Waals surface area contributed by atoms with E-state index in [9.17, 15) is 9.36 Å². The number of rotatable bonds is 9. The number of hydrogen-bond acceptors (Lipinski definition) is 7. The van der Waals surface area contributed by atoms with E-state index in [4.69, 9.17) is 16.3 Å². The van der Waals surface area contributed by atoms with Gasteiger partial charge in [-0.3, -0.25) is 9.69 Å². The highest BCUT2D eigenvalue weighted by Gasteiger charge is 2.19. The molecule has 1 saturated heterocycles. The predicted octanol–water partition coefficient (Wildman–Crippen LogP) is 5.93. The molecule has 8 nitrogen and oxygen atoms in total. The van der Waals surface area contributed by atoms with Gasteiger partial charge in [0.05, 0.1) is 36.8 Å². The van der Waals surface area contributed by atoms with Crippen LogP contribution in [-0.4, -0.2) is 60.8 Å². The third-order valence-electron chi connectivity index (χ3n) is 7.15. The van der Waals surface area contributed by atoms with Crippen molar-refractivity contribution in [3.8, 4) is 17.6 Å². The molecule has 42 heavy (non-hydrogen) atoms. The molecule has 3 aromatic rings. The Hall–Kier alpha value is -3.63. The molecule has 1 fully saturated rings. The molecule has 1 aliphatic rings. The van der Waals surface area contributed by atoms with Gasteiger partial charge >= 0.3 is 0 Å². The first kappa shape index (κ1) is 31.3. The number of benzene rings is 2. The van der Waals surface area contributed by atoms with Crippen LogP contribution in [0.25, 0.3) is 0 Å². The first-order valence-corrected chi connectivity index (χ1v) is 16.8. The number of ether oxygens (including phenoxy) is 1. The zero-order valence-electron chi connectivity index (χ0n) is 24.5. The Morgan fingerprint density at radius 3 is 2.67 bits per heavy atom. The molecule has 1 aliphatic heterocycles. The molecule has 0 spiro atoms. The molecule has 0 radical (unpaired) electrons. The van der Waals surface area contributed by atoms with Gasteiger partial charge in [-0.1, -0.05) is 49.1 Å². The summed E-state index contributed by atoms with van der Waals surface area (Å²) in [5.74, 6) is 8.39. The summed E-state index contributed by atoms with van der Waals surface area (Å²) in [4.78, 5) is 23.7. The first-order chi connectivity index (χ1) is 20.1. The van der Waals surface area contributed by atoms with Gasteiger partial charge in [-0.2, -0.15) is 0 Å². The molecule has 0 aliphatic carbocycles. The number of piperidine rings is 1. The molecule has 4 rings (SSSR count). The van der Waals surface area contributed by atoms with Gasteiger partial charge in [0.1, 0.15) is 23.7 Å². The fourth-order valence-corrected chi connectivity index (χ4v) is 6.03. The van der Waals surface area contributed by atoms with Crippen LogP contribution >= 0.6 is 18.7 Å². The van der Waals surface area contributed by atoms with Crippen LogP contribution in [0.5, 0.6) is 5.75 Å². The zero-order valence-corrected chi connectivity index (χ0v) is 26.2. The maximum atomic E-state index is 12.8. The molecular weight excluding hydrogens is 569 g/mol. The van der Waals surface area contributed by atoms with Gasteiger partial charge in [0.15, 0.2) is 5.82 Å². The maximum absolute atomic E-state index is 12.8. The number of carbonyl (C=O) groups excluding carboxylic acids is 1. The summed E-state index contributed by atoms with van der Waals surface area (Å²) in [5, 5.41) is 7.14. The number of nitrogens with zero attached hydrogens (tertiary/aromatic N) is 3. The van der Waals surface area contributed by atoms with Crippen LogP contribution in [0.3, 0.4) is 0 Å². The second-order valence-electron chi connectivity index (χ2n) is 10.8. The van der Waals surface area contributed by atoms with Crippen LogP contribution < -0.4 is 20.7 Å². The monoisotopic (exact) mass is 605 g/mol. The van der Waals surface area contributed by atoms with Crippen LogP contribution in [0.4, 0.5) is 17.2 Å². The van der Waals surface area contributed by atoms with E-state index in [1.165, 1.54) is 25.1 Å². The van der Waals surface area contributed by atoms with E-state index in [-0.39, 0.29) is 5.91 Å². The van der Waals surface area contributed by atoms with Crippen LogP contribution in [0.1, 0.15) is 36.7 Å². The van der Waals surface area contributed by atoms with Gasteiger partial charge in [-0.05, 0) is 75.5 Å². The van der Waals surface area contributed by atoms with Crippen molar-refractivity contribution >= 4 is 47.1 Å². The van der Waals surface area contributed by atoms with Crippen molar-refractivity contribution in [1.82, 2.24) is 14.9 Å². The lowest BCUT2D eigenvalue weighted by atomic mass is 9.99. The molecule has 10 heteroatoms. The van der Waals surface area contributed by atoms with Crippen LogP contribution in [-0.2, 0) is 15.8 Å².